The van der Waals surface area contributed by atoms with Gasteiger partial charge in [0.2, 0.25) is 0 Å². The van der Waals surface area contributed by atoms with Gasteiger partial charge in [-0.15, -0.1) is 0 Å². The van der Waals surface area contributed by atoms with E-state index in [0.717, 1.165) is 32.5 Å². The summed E-state index contributed by atoms with van der Waals surface area (Å²) in [6.45, 7) is 2.73. The SMILES string of the molecule is CCOc1cc(-c2nc3ccccc3[nH]2)cc(Br)c1OCc1ccc(Cl)cc1Cl. The monoisotopic (exact) mass is 490 g/mol. The van der Waals surface area contributed by atoms with Gasteiger partial charge in [-0.3, -0.25) is 0 Å². The Bertz CT molecular complexity index is 1140. The first kappa shape index (κ1) is 20.1. The van der Waals surface area contributed by atoms with Gasteiger partial charge in [0.05, 0.1) is 22.1 Å². The highest BCUT2D eigenvalue weighted by molar-refractivity contribution is 9.10. The van der Waals surface area contributed by atoms with E-state index in [-0.39, 0.29) is 0 Å². The number of aromatic amines is 1. The summed E-state index contributed by atoms with van der Waals surface area (Å²) in [6.07, 6.45) is 0. The molecule has 0 fully saturated rings. The Balaban J connectivity index is 1.67. The maximum Gasteiger partial charge on any atom is 0.175 e. The van der Waals surface area contributed by atoms with Gasteiger partial charge >= 0.3 is 0 Å². The van der Waals surface area contributed by atoms with Crippen molar-refractivity contribution in [3.8, 4) is 22.9 Å². The van der Waals surface area contributed by atoms with E-state index in [4.69, 9.17) is 32.7 Å². The molecule has 1 N–H and O–H groups in total. The van der Waals surface area contributed by atoms with Crippen LogP contribution in [-0.4, -0.2) is 16.6 Å². The van der Waals surface area contributed by atoms with Crippen LogP contribution in [0, 0.1) is 0 Å². The van der Waals surface area contributed by atoms with Crippen molar-refractivity contribution in [2.24, 2.45) is 0 Å². The third-order valence-electron chi connectivity index (χ3n) is 4.36. The highest BCUT2D eigenvalue weighted by Gasteiger charge is 2.16. The maximum absolute atomic E-state index is 6.26. The van der Waals surface area contributed by atoms with Crippen LogP contribution in [0.5, 0.6) is 11.5 Å². The van der Waals surface area contributed by atoms with E-state index in [1.54, 1.807) is 12.1 Å². The fourth-order valence-corrected chi connectivity index (χ4v) is 4.01. The summed E-state index contributed by atoms with van der Waals surface area (Å²) in [4.78, 5) is 8.01. The number of H-pyrrole nitrogens is 1. The van der Waals surface area contributed by atoms with Crippen molar-refractivity contribution in [3.05, 3.63) is 74.7 Å². The molecule has 148 valence electrons. The molecule has 4 nitrogen and oxygen atoms in total. The van der Waals surface area contributed by atoms with Crippen LogP contribution >= 0.6 is 39.1 Å². The maximum atomic E-state index is 6.26. The number of imidazole rings is 1. The van der Waals surface area contributed by atoms with Gasteiger partial charge in [-0.2, -0.15) is 0 Å². The smallest absolute Gasteiger partial charge is 0.175 e. The third-order valence-corrected chi connectivity index (χ3v) is 5.54. The molecule has 4 aromatic rings. The first-order valence-electron chi connectivity index (χ1n) is 9.03. The zero-order valence-corrected chi connectivity index (χ0v) is 18.6. The van der Waals surface area contributed by atoms with Crippen molar-refractivity contribution in [3.63, 3.8) is 0 Å². The minimum Gasteiger partial charge on any atom is -0.490 e. The number of hydrogen-bond donors (Lipinski definition) is 1. The van der Waals surface area contributed by atoms with Crippen LogP contribution in [0.25, 0.3) is 22.4 Å². The Hall–Kier alpha value is -2.21. The van der Waals surface area contributed by atoms with Crippen molar-refractivity contribution in [1.29, 1.82) is 0 Å². The molecule has 4 rings (SSSR count). The highest BCUT2D eigenvalue weighted by atomic mass is 79.9. The van der Waals surface area contributed by atoms with Gasteiger partial charge in [0, 0.05) is 21.2 Å². The number of para-hydroxylation sites is 2. The van der Waals surface area contributed by atoms with Crippen molar-refractivity contribution in [2.45, 2.75) is 13.5 Å². The molecule has 0 saturated carbocycles. The Morgan fingerprint density at radius 2 is 1.86 bits per heavy atom. The second kappa shape index (κ2) is 8.66. The molecule has 0 aliphatic heterocycles. The lowest BCUT2D eigenvalue weighted by Crippen LogP contribution is -2.01. The van der Waals surface area contributed by atoms with Gasteiger partial charge in [0.25, 0.3) is 0 Å². The number of ether oxygens (including phenoxy) is 2. The molecule has 0 saturated heterocycles. The number of rotatable bonds is 6. The largest absolute Gasteiger partial charge is 0.490 e. The Morgan fingerprint density at radius 1 is 1.03 bits per heavy atom. The van der Waals surface area contributed by atoms with E-state index in [2.05, 4.69) is 25.9 Å². The number of aromatic nitrogens is 2. The Morgan fingerprint density at radius 3 is 2.62 bits per heavy atom. The number of nitrogens with zero attached hydrogens (tertiary/aromatic N) is 1. The van der Waals surface area contributed by atoms with Crippen LogP contribution < -0.4 is 9.47 Å². The minimum absolute atomic E-state index is 0.290. The first-order valence-corrected chi connectivity index (χ1v) is 10.6. The third kappa shape index (κ3) is 4.37. The predicted octanol–water partition coefficient (Wildman–Crippen LogP) is 7.28. The van der Waals surface area contributed by atoms with E-state index in [1.165, 1.54) is 0 Å². The molecule has 0 unspecified atom stereocenters. The van der Waals surface area contributed by atoms with E-state index in [1.807, 2.05) is 49.4 Å². The van der Waals surface area contributed by atoms with E-state index in [0.29, 0.717) is 34.8 Å². The summed E-state index contributed by atoms with van der Waals surface area (Å²) < 4.78 is 12.7. The summed E-state index contributed by atoms with van der Waals surface area (Å²) in [6, 6.07) is 17.1. The fraction of sp³-hybridized carbons (Fsp3) is 0.136. The first-order chi connectivity index (χ1) is 14.0. The van der Waals surface area contributed by atoms with Gasteiger partial charge < -0.3 is 14.5 Å². The number of benzene rings is 3. The molecule has 0 aliphatic rings. The molecule has 0 atom stereocenters. The molecular weight excluding hydrogens is 475 g/mol. The number of halogens is 3. The lowest BCUT2D eigenvalue weighted by atomic mass is 10.2. The summed E-state index contributed by atoms with van der Waals surface area (Å²) in [5, 5.41) is 1.15. The molecular formula is C22H17BrCl2N2O2. The van der Waals surface area contributed by atoms with Crippen LogP contribution in [0.1, 0.15) is 12.5 Å². The standard InChI is InChI=1S/C22H17BrCl2N2O2/c1-2-28-20-10-14(22-26-18-5-3-4-6-19(18)27-22)9-16(23)21(20)29-12-13-7-8-15(24)11-17(13)25/h3-11H,2,12H2,1H3,(H,26,27). The molecule has 0 aliphatic carbocycles. The highest BCUT2D eigenvalue weighted by Crippen LogP contribution is 2.40. The Kier molecular flexibility index (Phi) is 5.99. The normalized spacial score (nSPS) is 11.0. The molecule has 7 heteroatoms. The summed E-state index contributed by atoms with van der Waals surface area (Å²) in [7, 11) is 0. The minimum atomic E-state index is 0.290. The number of nitrogens with one attached hydrogen (secondary N) is 1. The average Bonchev–Trinajstić information content (AvgIpc) is 3.13. The second-order valence-corrected chi connectivity index (χ2v) is 8.04. The Labute approximate surface area is 186 Å². The summed E-state index contributed by atoms with van der Waals surface area (Å²) >= 11 is 15.8. The molecule has 1 heterocycles. The molecule has 1 aromatic heterocycles. The zero-order chi connectivity index (χ0) is 20.4. The topological polar surface area (TPSA) is 47.1 Å². The predicted molar refractivity (Wildman–Crippen MR) is 121 cm³/mol. The molecule has 0 radical (unpaired) electrons. The van der Waals surface area contributed by atoms with Crippen molar-refractivity contribution in [2.75, 3.05) is 6.61 Å². The van der Waals surface area contributed by atoms with E-state index in [9.17, 15) is 0 Å². The lowest BCUT2D eigenvalue weighted by molar-refractivity contribution is 0.268. The van der Waals surface area contributed by atoms with Gasteiger partial charge in [0.15, 0.2) is 11.5 Å². The number of hydrogen-bond acceptors (Lipinski definition) is 3. The lowest BCUT2D eigenvalue weighted by Gasteiger charge is -2.15. The van der Waals surface area contributed by atoms with E-state index < -0.39 is 0 Å². The van der Waals surface area contributed by atoms with Crippen LogP contribution in [0.15, 0.2) is 59.1 Å². The van der Waals surface area contributed by atoms with Crippen molar-refractivity contribution >= 4 is 50.2 Å². The van der Waals surface area contributed by atoms with Gasteiger partial charge in [-0.1, -0.05) is 41.4 Å². The number of fused-ring (bicyclic) bond motifs is 1. The van der Waals surface area contributed by atoms with Crippen LogP contribution in [-0.2, 0) is 6.61 Å². The van der Waals surface area contributed by atoms with Gasteiger partial charge in [-0.05, 0) is 59.3 Å². The summed E-state index contributed by atoms with van der Waals surface area (Å²) in [5.41, 5.74) is 3.63. The molecule has 29 heavy (non-hydrogen) atoms. The van der Waals surface area contributed by atoms with Crippen LogP contribution in [0.4, 0.5) is 0 Å². The van der Waals surface area contributed by atoms with Crippen LogP contribution in [0.2, 0.25) is 10.0 Å². The molecule has 3 aromatic carbocycles. The zero-order valence-electron chi connectivity index (χ0n) is 15.5. The van der Waals surface area contributed by atoms with Crippen molar-refractivity contribution < 1.29 is 9.47 Å². The molecule has 0 bridgehead atoms. The fourth-order valence-electron chi connectivity index (χ4n) is 2.99. The van der Waals surface area contributed by atoms with Crippen LogP contribution in [0.3, 0.4) is 0 Å². The van der Waals surface area contributed by atoms with Gasteiger partial charge in [-0.25, -0.2) is 4.98 Å². The molecule has 0 amide bonds. The average molecular weight is 492 g/mol. The second-order valence-electron chi connectivity index (χ2n) is 6.35. The molecule has 0 spiro atoms. The van der Waals surface area contributed by atoms with Crippen molar-refractivity contribution in [1.82, 2.24) is 9.97 Å². The summed E-state index contributed by atoms with van der Waals surface area (Å²) in [5.74, 6) is 2.00. The van der Waals surface area contributed by atoms with E-state index >= 15 is 0 Å². The van der Waals surface area contributed by atoms with Gasteiger partial charge in [0.1, 0.15) is 12.4 Å². The quantitative estimate of drug-likeness (QED) is 0.308.